The number of para-hydroxylation sites is 1. The molecule has 0 amide bonds. The van der Waals surface area contributed by atoms with Gasteiger partial charge in [0.05, 0.1) is 17.3 Å². The van der Waals surface area contributed by atoms with E-state index in [0.29, 0.717) is 11.8 Å². The summed E-state index contributed by atoms with van der Waals surface area (Å²) in [6.45, 7) is 6.42. The number of hydrogen-bond acceptors (Lipinski definition) is 3. The highest BCUT2D eigenvalue weighted by molar-refractivity contribution is 5.68. The van der Waals surface area contributed by atoms with E-state index in [2.05, 4.69) is 72.6 Å². The number of benzene rings is 2. The second-order valence-electron chi connectivity index (χ2n) is 7.12. The molecule has 3 unspecified atom stereocenters. The Kier molecular flexibility index (Phi) is 4.42. The van der Waals surface area contributed by atoms with Gasteiger partial charge >= 0.3 is 0 Å². The van der Waals surface area contributed by atoms with E-state index in [-0.39, 0.29) is 6.04 Å². The van der Waals surface area contributed by atoms with Gasteiger partial charge in [-0.05, 0) is 55.5 Å². The van der Waals surface area contributed by atoms with E-state index in [1.807, 2.05) is 12.1 Å². The zero-order chi connectivity index (χ0) is 18.1. The van der Waals surface area contributed by atoms with Crippen LogP contribution in [0.4, 0.5) is 11.4 Å². The molecule has 3 nitrogen and oxygen atoms in total. The molecule has 0 saturated heterocycles. The molecule has 0 aromatic heterocycles. The van der Waals surface area contributed by atoms with Gasteiger partial charge < -0.3 is 10.2 Å². The number of rotatable bonds is 4. The van der Waals surface area contributed by atoms with Crippen LogP contribution in [0.5, 0.6) is 0 Å². The van der Waals surface area contributed by atoms with Crippen molar-refractivity contribution in [3.63, 3.8) is 0 Å². The number of anilines is 2. The molecule has 1 heterocycles. The van der Waals surface area contributed by atoms with Crippen LogP contribution >= 0.6 is 0 Å². The minimum absolute atomic E-state index is 0.239. The molecule has 0 bridgehead atoms. The third-order valence-electron chi connectivity index (χ3n) is 5.90. The summed E-state index contributed by atoms with van der Waals surface area (Å²) in [5.41, 5.74) is 5.59. The van der Waals surface area contributed by atoms with Gasteiger partial charge in [0.15, 0.2) is 0 Å². The van der Waals surface area contributed by atoms with E-state index < -0.39 is 0 Å². The maximum atomic E-state index is 9.53. The Morgan fingerprint density at radius 2 is 1.88 bits per heavy atom. The number of allylic oxidation sites excluding steroid dienone is 2. The van der Waals surface area contributed by atoms with Crippen LogP contribution in [0.2, 0.25) is 0 Å². The normalized spacial score (nSPS) is 22.9. The lowest BCUT2D eigenvalue weighted by Crippen LogP contribution is -2.29. The lowest BCUT2D eigenvalue weighted by molar-refractivity contribution is 0.425. The molecule has 0 spiro atoms. The molecule has 2 aliphatic rings. The first-order valence-electron chi connectivity index (χ1n) is 9.58. The van der Waals surface area contributed by atoms with E-state index in [9.17, 15) is 5.26 Å². The van der Waals surface area contributed by atoms with E-state index in [1.165, 1.54) is 16.8 Å². The van der Waals surface area contributed by atoms with Crippen molar-refractivity contribution in [1.82, 2.24) is 0 Å². The summed E-state index contributed by atoms with van der Waals surface area (Å²) < 4.78 is 0. The molecule has 0 saturated carbocycles. The summed E-state index contributed by atoms with van der Waals surface area (Å²) >= 11 is 0. The van der Waals surface area contributed by atoms with Gasteiger partial charge in [0.1, 0.15) is 6.07 Å². The molecule has 3 heteroatoms. The van der Waals surface area contributed by atoms with Gasteiger partial charge in [-0.1, -0.05) is 36.4 Å². The second-order valence-corrected chi connectivity index (χ2v) is 7.12. The van der Waals surface area contributed by atoms with Crippen LogP contribution in [-0.4, -0.2) is 13.1 Å². The number of nitrogens with zero attached hydrogens (tertiary/aromatic N) is 2. The average Bonchev–Trinajstić information content (AvgIpc) is 3.18. The van der Waals surface area contributed by atoms with Gasteiger partial charge in [0.2, 0.25) is 0 Å². The molecule has 0 fully saturated rings. The van der Waals surface area contributed by atoms with E-state index in [4.69, 9.17) is 0 Å². The molecule has 26 heavy (non-hydrogen) atoms. The summed E-state index contributed by atoms with van der Waals surface area (Å²) in [6.07, 6.45) is 5.70. The first-order valence-corrected chi connectivity index (χ1v) is 9.58. The van der Waals surface area contributed by atoms with Gasteiger partial charge in [-0.15, -0.1) is 0 Å². The Hall–Kier alpha value is -2.73. The molecule has 1 aliphatic carbocycles. The smallest absolute Gasteiger partial charge is 0.101 e. The van der Waals surface area contributed by atoms with Crippen LogP contribution in [0.15, 0.2) is 54.6 Å². The SMILES string of the molecule is CCN(CC)c1ccc(C2Nc3c(C#N)cccc3C3C=CCC32)cc1. The maximum absolute atomic E-state index is 9.53. The Labute approximate surface area is 156 Å². The third kappa shape index (κ3) is 2.66. The van der Waals surface area contributed by atoms with Crippen LogP contribution in [0.25, 0.3) is 0 Å². The lowest BCUT2D eigenvalue weighted by atomic mass is 9.76. The molecular formula is C23H25N3. The molecule has 1 aliphatic heterocycles. The monoisotopic (exact) mass is 343 g/mol. The van der Waals surface area contributed by atoms with Gasteiger partial charge in [0, 0.05) is 24.7 Å². The summed E-state index contributed by atoms with van der Waals surface area (Å²) in [4.78, 5) is 2.36. The fraction of sp³-hybridized carbons (Fsp3) is 0.348. The summed E-state index contributed by atoms with van der Waals surface area (Å²) in [7, 11) is 0. The van der Waals surface area contributed by atoms with E-state index in [1.54, 1.807) is 0 Å². The number of fused-ring (bicyclic) bond motifs is 3. The fourth-order valence-corrected chi connectivity index (χ4v) is 4.53. The standard InChI is InChI=1S/C23H25N3/c1-3-26(4-2)18-13-11-16(12-14-18)22-20-10-6-8-19(20)21-9-5-7-17(15-24)23(21)25-22/h5-9,11-14,19-20,22,25H,3-4,10H2,1-2H3. The van der Waals surface area contributed by atoms with Gasteiger partial charge in [0.25, 0.3) is 0 Å². The second kappa shape index (κ2) is 6.88. The first kappa shape index (κ1) is 16.7. The van der Waals surface area contributed by atoms with Crippen molar-refractivity contribution in [2.75, 3.05) is 23.3 Å². The van der Waals surface area contributed by atoms with Crippen LogP contribution in [-0.2, 0) is 0 Å². The number of nitriles is 1. The molecule has 2 aromatic rings. The molecule has 0 radical (unpaired) electrons. The van der Waals surface area contributed by atoms with Crippen LogP contribution in [0.3, 0.4) is 0 Å². The van der Waals surface area contributed by atoms with Gasteiger partial charge in [-0.2, -0.15) is 5.26 Å². The van der Waals surface area contributed by atoms with Crippen LogP contribution in [0.1, 0.15) is 48.9 Å². The minimum atomic E-state index is 0.239. The highest BCUT2D eigenvalue weighted by Gasteiger charge is 2.38. The van der Waals surface area contributed by atoms with Gasteiger partial charge in [-0.25, -0.2) is 0 Å². The Balaban J connectivity index is 1.70. The minimum Gasteiger partial charge on any atom is -0.377 e. The van der Waals surface area contributed by atoms with Crippen LogP contribution in [0, 0.1) is 17.2 Å². The maximum Gasteiger partial charge on any atom is 0.101 e. The number of nitrogens with one attached hydrogen (secondary N) is 1. The average molecular weight is 343 g/mol. The molecule has 4 rings (SSSR count). The molecule has 1 N–H and O–H groups in total. The highest BCUT2D eigenvalue weighted by atomic mass is 15.1. The summed E-state index contributed by atoms with van der Waals surface area (Å²) in [5.74, 6) is 0.905. The summed E-state index contributed by atoms with van der Waals surface area (Å²) in [5, 5.41) is 13.2. The predicted octanol–water partition coefficient (Wildman–Crippen LogP) is 5.23. The van der Waals surface area contributed by atoms with Crippen molar-refractivity contribution in [2.24, 2.45) is 5.92 Å². The first-order chi connectivity index (χ1) is 12.8. The third-order valence-corrected chi connectivity index (χ3v) is 5.90. The fourth-order valence-electron chi connectivity index (χ4n) is 4.53. The van der Waals surface area contributed by atoms with Gasteiger partial charge in [-0.3, -0.25) is 0 Å². The van der Waals surface area contributed by atoms with Crippen molar-refractivity contribution in [2.45, 2.75) is 32.2 Å². The van der Waals surface area contributed by atoms with E-state index >= 15 is 0 Å². The van der Waals surface area contributed by atoms with Crippen LogP contribution < -0.4 is 10.2 Å². The lowest BCUT2D eigenvalue weighted by Gasteiger charge is -2.38. The Bertz CT molecular complexity index is 856. The molecular weight excluding hydrogens is 318 g/mol. The predicted molar refractivity (Wildman–Crippen MR) is 108 cm³/mol. The highest BCUT2D eigenvalue weighted by Crippen LogP contribution is 2.50. The Morgan fingerprint density at radius 1 is 1.12 bits per heavy atom. The number of hydrogen-bond donors (Lipinski definition) is 1. The van der Waals surface area contributed by atoms with Crippen molar-refractivity contribution in [1.29, 1.82) is 5.26 Å². The molecule has 2 aromatic carbocycles. The van der Waals surface area contributed by atoms with E-state index in [0.717, 1.165) is 30.8 Å². The largest absolute Gasteiger partial charge is 0.377 e. The quantitative estimate of drug-likeness (QED) is 0.773. The van der Waals surface area contributed by atoms with Crippen molar-refractivity contribution >= 4 is 11.4 Å². The Morgan fingerprint density at radius 3 is 2.58 bits per heavy atom. The van der Waals surface area contributed by atoms with Crippen molar-refractivity contribution in [3.8, 4) is 6.07 Å². The zero-order valence-corrected chi connectivity index (χ0v) is 15.4. The van der Waals surface area contributed by atoms with Crippen molar-refractivity contribution in [3.05, 3.63) is 71.3 Å². The molecule has 3 atom stereocenters. The van der Waals surface area contributed by atoms with Crippen molar-refractivity contribution < 1.29 is 0 Å². The topological polar surface area (TPSA) is 39.1 Å². The molecule has 132 valence electrons. The zero-order valence-electron chi connectivity index (χ0n) is 15.4. The summed E-state index contributed by atoms with van der Waals surface area (Å²) in [6, 6.07) is 17.6.